The van der Waals surface area contributed by atoms with Crippen LogP contribution in [0.5, 0.6) is 0 Å². The molecule has 2 unspecified atom stereocenters. The summed E-state index contributed by atoms with van der Waals surface area (Å²) >= 11 is 0. The fourth-order valence-corrected chi connectivity index (χ4v) is 2.16. The number of piperidine rings is 1. The molecule has 1 heterocycles. The third-order valence-corrected chi connectivity index (χ3v) is 3.77. The molecule has 1 saturated heterocycles. The molecular weight excluding hydrogens is 233 g/mol. The lowest BCUT2D eigenvalue weighted by Gasteiger charge is -2.34. The van der Waals surface area contributed by atoms with Gasteiger partial charge in [-0.1, -0.05) is 6.92 Å². The standard InChI is InChI=1S/C11H17F3N2O/c1-10(3-4-10)9(17)16-8-6-15-5-2-7(8)11(12,13)14/h7-8,15H,2-6H2,1H3,(H,16,17). The Labute approximate surface area is 98.1 Å². The minimum atomic E-state index is -4.23. The Morgan fingerprint density at radius 1 is 1.41 bits per heavy atom. The Kier molecular flexibility index (Phi) is 3.10. The van der Waals surface area contributed by atoms with Gasteiger partial charge in [0, 0.05) is 12.0 Å². The number of amides is 1. The quantitative estimate of drug-likeness (QED) is 0.778. The molecule has 2 rings (SSSR count). The molecule has 0 aromatic carbocycles. The number of hydrogen-bond donors (Lipinski definition) is 2. The van der Waals surface area contributed by atoms with Crippen molar-refractivity contribution in [3.8, 4) is 0 Å². The van der Waals surface area contributed by atoms with Gasteiger partial charge in [0.2, 0.25) is 5.91 Å². The lowest BCUT2D eigenvalue weighted by Crippen LogP contribution is -2.56. The minimum absolute atomic E-state index is 0.0329. The number of nitrogens with one attached hydrogen (secondary N) is 2. The van der Waals surface area contributed by atoms with Crippen molar-refractivity contribution in [2.45, 2.75) is 38.4 Å². The molecule has 1 aliphatic carbocycles. The van der Waals surface area contributed by atoms with Gasteiger partial charge in [0.15, 0.2) is 0 Å². The molecule has 0 spiro atoms. The molecule has 0 aromatic heterocycles. The third-order valence-electron chi connectivity index (χ3n) is 3.77. The van der Waals surface area contributed by atoms with E-state index in [4.69, 9.17) is 0 Å². The minimum Gasteiger partial charge on any atom is -0.351 e. The number of rotatable bonds is 2. The van der Waals surface area contributed by atoms with Gasteiger partial charge in [0.05, 0.1) is 12.0 Å². The highest BCUT2D eigenvalue weighted by Crippen LogP contribution is 2.45. The van der Waals surface area contributed by atoms with Crippen LogP contribution < -0.4 is 10.6 Å². The zero-order chi connectivity index (χ0) is 12.7. The molecule has 0 radical (unpaired) electrons. The Morgan fingerprint density at radius 2 is 2.06 bits per heavy atom. The van der Waals surface area contributed by atoms with Crippen LogP contribution in [-0.4, -0.2) is 31.2 Å². The maximum atomic E-state index is 12.8. The van der Waals surface area contributed by atoms with Crippen molar-refractivity contribution < 1.29 is 18.0 Å². The summed E-state index contributed by atoms with van der Waals surface area (Å²) in [6, 6.07) is -0.825. The van der Waals surface area contributed by atoms with E-state index in [1.165, 1.54) is 0 Å². The van der Waals surface area contributed by atoms with Crippen LogP contribution in [0.1, 0.15) is 26.2 Å². The van der Waals surface area contributed by atoms with Crippen molar-refractivity contribution in [2.24, 2.45) is 11.3 Å². The molecular formula is C11H17F3N2O. The lowest BCUT2D eigenvalue weighted by molar-refractivity contribution is -0.187. The molecule has 3 nitrogen and oxygen atoms in total. The molecule has 98 valence electrons. The molecule has 2 atom stereocenters. The largest absolute Gasteiger partial charge is 0.393 e. The van der Waals surface area contributed by atoms with Gasteiger partial charge >= 0.3 is 6.18 Å². The first-order valence-electron chi connectivity index (χ1n) is 5.91. The molecule has 1 saturated carbocycles. The van der Waals surface area contributed by atoms with E-state index in [0.29, 0.717) is 6.54 Å². The average Bonchev–Trinajstić information content (AvgIpc) is 2.97. The van der Waals surface area contributed by atoms with Gasteiger partial charge in [0.25, 0.3) is 0 Å². The highest BCUT2D eigenvalue weighted by Gasteiger charge is 2.50. The summed E-state index contributed by atoms with van der Waals surface area (Å²) < 4.78 is 38.3. The van der Waals surface area contributed by atoms with Crippen LogP contribution in [0.15, 0.2) is 0 Å². The lowest BCUT2D eigenvalue weighted by atomic mass is 9.91. The van der Waals surface area contributed by atoms with Crippen LogP contribution in [-0.2, 0) is 4.79 Å². The van der Waals surface area contributed by atoms with Gasteiger partial charge in [0.1, 0.15) is 0 Å². The first kappa shape index (κ1) is 12.7. The second-order valence-corrected chi connectivity index (χ2v) is 5.28. The summed E-state index contributed by atoms with van der Waals surface area (Å²) in [6.07, 6.45) is -2.65. The van der Waals surface area contributed by atoms with Crippen molar-refractivity contribution in [1.29, 1.82) is 0 Å². The van der Waals surface area contributed by atoms with Crippen molar-refractivity contribution in [3.63, 3.8) is 0 Å². The Hall–Kier alpha value is -0.780. The first-order valence-corrected chi connectivity index (χ1v) is 5.91. The zero-order valence-corrected chi connectivity index (χ0v) is 9.73. The maximum Gasteiger partial charge on any atom is 0.393 e. The highest BCUT2D eigenvalue weighted by molar-refractivity contribution is 5.85. The summed E-state index contributed by atoms with van der Waals surface area (Å²) in [5.41, 5.74) is -0.423. The van der Waals surface area contributed by atoms with E-state index in [2.05, 4.69) is 10.6 Å². The van der Waals surface area contributed by atoms with Crippen LogP contribution in [0.3, 0.4) is 0 Å². The van der Waals surface area contributed by atoms with Crippen LogP contribution in [0.4, 0.5) is 13.2 Å². The summed E-state index contributed by atoms with van der Waals surface area (Å²) in [6.45, 7) is 2.35. The van der Waals surface area contributed by atoms with E-state index in [-0.39, 0.29) is 18.9 Å². The van der Waals surface area contributed by atoms with Crippen LogP contribution >= 0.6 is 0 Å². The van der Waals surface area contributed by atoms with Gasteiger partial charge in [-0.05, 0) is 25.8 Å². The molecule has 2 aliphatic rings. The van der Waals surface area contributed by atoms with Gasteiger partial charge in [-0.25, -0.2) is 0 Å². The van der Waals surface area contributed by atoms with E-state index < -0.39 is 23.6 Å². The Bertz CT molecular complexity index is 312. The van der Waals surface area contributed by atoms with E-state index in [1.54, 1.807) is 6.92 Å². The molecule has 1 aliphatic heterocycles. The fraction of sp³-hybridized carbons (Fsp3) is 0.909. The van der Waals surface area contributed by atoms with Gasteiger partial charge in [-0.2, -0.15) is 13.2 Å². The second kappa shape index (κ2) is 4.15. The van der Waals surface area contributed by atoms with Crippen molar-refractivity contribution in [2.75, 3.05) is 13.1 Å². The molecule has 0 aromatic rings. The molecule has 6 heteroatoms. The van der Waals surface area contributed by atoms with Crippen LogP contribution in [0.25, 0.3) is 0 Å². The number of hydrogen-bond acceptors (Lipinski definition) is 2. The highest BCUT2D eigenvalue weighted by atomic mass is 19.4. The topological polar surface area (TPSA) is 41.1 Å². The zero-order valence-electron chi connectivity index (χ0n) is 9.73. The van der Waals surface area contributed by atoms with Gasteiger partial charge < -0.3 is 10.6 Å². The predicted molar refractivity (Wildman–Crippen MR) is 56.3 cm³/mol. The van der Waals surface area contributed by atoms with Crippen molar-refractivity contribution in [3.05, 3.63) is 0 Å². The maximum absolute atomic E-state index is 12.8. The van der Waals surface area contributed by atoms with E-state index >= 15 is 0 Å². The van der Waals surface area contributed by atoms with Crippen LogP contribution in [0, 0.1) is 11.3 Å². The first-order chi connectivity index (χ1) is 7.83. The van der Waals surface area contributed by atoms with E-state index in [0.717, 1.165) is 12.8 Å². The summed E-state index contributed by atoms with van der Waals surface area (Å²) in [4.78, 5) is 11.8. The Morgan fingerprint density at radius 3 is 2.59 bits per heavy atom. The monoisotopic (exact) mass is 250 g/mol. The Balaban J connectivity index is 1.99. The molecule has 17 heavy (non-hydrogen) atoms. The molecule has 0 bridgehead atoms. The van der Waals surface area contributed by atoms with Crippen molar-refractivity contribution >= 4 is 5.91 Å². The van der Waals surface area contributed by atoms with Gasteiger partial charge in [-0.3, -0.25) is 4.79 Å². The van der Waals surface area contributed by atoms with E-state index in [1.807, 2.05) is 0 Å². The summed E-state index contributed by atoms with van der Waals surface area (Å²) in [7, 11) is 0. The number of carbonyl (C=O) groups excluding carboxylic acids is 1. The number of halogens is 3. The van der Waals surface area contributed by atoms with E-state index in [9.17, 15) is 18.0 Å². The van der Waals surface area contributed by atoms with Gasteiger partial charge in [-0.15, -0.1) is 0 Å². The molecule has 2 fully saturated rings. The molecule has 1 amide bonds. The smallest absolute Gasteiger partial charge is 0.351 e. The summed E-state index contributed by atoms with van der Waals surface area (Å²) in [5, 5.41) is 5.46. The normalized spacial score (nSPS) is 32.0. The molecule has 2 N–H and O–H groups in total. The predicted octanol–water partition coefficient (Wildman–Crippen LogP) is 1.44. The number of alkyl halides is 3. The second-order valence-electron chi connectivity index (χ2n) is 5.28. The fourth-order valence-electron chi connectivity index (χ4n) is 2.16. The SMILES string of the molecule is CC1(C(=O)NC2CNCCC2C(F)(F)F)CC1. The summed E-state index contributed by atoms with van der Waals surface area (Å²) in [5.74, 6) is -1.66. The van der Waals surface area contributed by atoms with Crippen molar-refractivity contribution in [1.82, 2.24) is 10.6 Å². The van der Waals surface area contributed by atoms with Crippen LogP contribution in [0.2, 0.25) is 0 Å². The third kappa shape index (κ3) is 2.73. The number of carbonyl (C=O) groups is 1. The average molecular weight is 250 g/mol.